The van der Waals surface area contributed by atoms with Crippen molar-refractivity contribution < 1.29 is 14.3 Å². The molecule has 0 aliphatic carbocycles. The van der Waals surface area contributed by atoms with Crippen LogP contribution in [0, 0.1) is 0 Å². The molecule has 0 saturated carbocycles. The van der Waals surface area contributed by atoms with Crippen molar-refractivity contribution in [2.45, 2.75) is 19.4 Å². The number of fused-ring (bicyclic) bond motifs is 1. The second kappa shape index (κ2) is 4.86. The largest absolute Gasteiger partial charge is 0.454 e. The van der Waals surface area contributed by atoms with Gasteiger partial charge in [-0.15, -0.1) is 0 Å². The molecule has 0 amide bonds. The van der Waals surface area contributed by atoms with Gasteiger partial charge in [0.15, 0.2) is 11.5 Å². The molecular formula is C13H16N2O3. The summed E-state index contributed by atoms with van der Waals surface area (Å²) in [4.78, 5) is 5.39. The Labute approximate surface area is 106 Å². The Balaban J connectivity index is 1.69. The van der Waals surface area contributed by atoms with Gasteiger partial charge in [-0.1, -0.05) is 12.1 Å². The van der Waals surface area contributed by atoms with E-state index in [0.717, 1.165) is 42.3 Å². The lowest BCUT2D eigenvalue weighted by Crippen LogP contribution is -2.26. The van der Waals surface area contributed by atoms with Gasteiger partial charge in [-0.3, -0.25) is 0 Å². The summed E-state index contributed by atoms with van der Waals surface area (Å²) in [5.74, 6) is 1.58. The number of nitrogens with one attached hydrogen (secondary N) is 1. The fourth-order valence-corrected chi connectivity index (χ4v) is 2.09. The van der Waals surface area contributed by atoms with Gasteiger partial charge in [-0.2, -0.15) is 0 Å². The molecule has 18 heavy (non-hydrogen) atoms. The van der Waals surface area contributed by atoms with Crippen molar-refractivity contribution in [3.05, 3.63) is 23.8 Å². The van der Waals surface area contributed by atoms with Crippen LogP contribution in [-0.4, -0.2) is 31.7 Å². The molecule has 0 radical (unpaired) electrons. The summed E-state index contributed by atoms with van der Waals surface area (Å²) in [7, 11) is 0. The smallest absolute Gasteiger partial charge is 0.231 e. The van der Waals surface area contributed by atoms with Gasteiger partial charge in [0.05, 0.1) is 5.71 Å². The number of oxime groups is 1. The third-order valence-electron chi connectivity index (χ3n) is 3.06. The Bertz CT molecular complexity index is 473. The lowest BCUT2D eigenvalue weighted by molar-refractivity contribution is 0.0855. The number of hydrogen-bond donors (Lipinski definition) is 1. The van der Waals surface area contributed by atoms with Crippen molar-refractivity contribution in [3.63, 3.8) is 0 Å². The van der Waals surface area contributed by atoms with Crippen LogP contribution in [0.15, 0.2) is 23.4 Å². The van der Waals surface area contributed by atoms with E-state index >= 15 is 0 Å². The molecule has 2 aliphatic heterocycles. The van der Waals surface area contributed by atoms with Crippen LogP contribution in [0.1, 0.15) is 18.9 Å². The van der Waals surface area contributed by atoms with Gasteiger partial charge in [0, 0.05) is 18.5 Å². The predicted octanol–water partition coefficient (Wildman–Crippen LogP) is 1.52. The van der Waals surface area contributed by atoms with E-state index in [1.54, 1.807) is 0 Å². The van der Waals surface area contributed by atoms with Crippen LogP contribution in [0.2, 0.25) is 0 Å². The summed E-state index contributed by atoms with van der Waals surface area (Å²) in [6.45, 7) is 4.15. The molecule has 2 aliphatic rings. The van der Waals surface area contributed by atoms with Crippen molar-refractivity contribution in [2.24, 2.45) is 5.16 Å². The van der Waals surface area contributed by atoms with Crippen molar-refractivity contribution in [1.82, 2.24) is 5.32 Å². The minimum Gasteiger partial charge on any atom is -0.454 e. The molecule has 2 heterocycles. The number of likely N-dealkylation sites (N-methyl/N-ethyl adjacent to an activating group) is 1. The molecule has 3 rings (SSSR count). The molecule has 1 aromatic carbocycles. The lowest BCUT2D eigenvalue weighted by Gasteiger charge is -2.07. The fraction of sp³-hybridized carbons (Fsp3) is 0.462. The zero-order chi connectivity index (χ0) is 12.4. The standard InChI is InChI=1S/C13H16N2O3/c1-2-14-7-10-6-11(15-18-10)9-3-4-12-13(5-9)17-8-16-12/h3-5,10,14H,2,6-8H2,1H3/t10-/m1/s1. The maximum absolute atomic E-state index is 5.39. The molecule has 1 aromatic rings. The molecule has 1 N–H and O–H groups in total. The van der Waals surface area contributed by atoms with Crippen molar-refractivity contribution in [3.8, 4) is 11.5 Å². The molecule has 1 atom stereocenters. The quantitative estimate of drug-likeness (QED) is 0.877. The topological polar surface area (TPSA) is 52.1 Å². The van der Waals surface area contributed by atoms with E-state index in [0.29, 0.717) is 6.79 Å². The zero-order valence-corrected chi connectivity index (χ0v) is 10.3. The van der Waals surface area contributed by atoms with E-state index in [1.165, 1.54) is 0 Å². The Kier molecular flexibility index (Phi) is 3.06. The first-order valence-corrected chi connectivity index (χ1v) is 6.20. The first-order valence-electron chi connectivity index (χ1n) is 6.20. The molecule has 0 bridgehead atoms. The minimum atomic E-state index is 0.130. The van der Waals surface area contributed by atoms with Crippen LogP contribution in [0.5, 0.6) is 11.5 Å². The highest BCUT2D eigenvalue weighted by Gasteiger charge is 2.23. The van der Waals surface area contributed by atoms with Crippen LogP contribution in [-0.2, 0) is 4.84 Å². The van der Waals surface area contributed by atoms with Gasteiger partial charge in [-0.25, -0.2) is 0 Å². The van der Waals surface area contributed by atoms with Crippen LogP contribution >= 0.6 is 0 Å². The van der Waals surface area contributed by atoms with Gasteiger partial charge >= 0.3 is 0 Å². The first kappa shape index (κ1) is 11.3. The molecule has 96 valence electrons. The molecule has 0 saturated heterocycles. The van der Waals surface area contributed by atoms with Crippen molar-refractivity contribution in [2.75, 3.05) is 19.9 Å². The zero-order valence-electron chi connectivity index (χ0n) is 10.3. The van der Waals surface area contributed by atoms with Gasteiger partial charge in [-0.05, 0) is 24.7 Å². The van der Waals surface area contributed by atoms with Crippen LogP contribution in [0.3, 0.4) is 0 Å². The van der Waals surface area contributed by atoms with E-state index in [-0.39, 0.29) is 6.10 Å². The third-order valence-corrected chi connectivity index (χ3v) is 3.06. The van der Waals surface area contributed by atoms with Crippen LogP contribution in [0.25, 0.3) is 0 Å². The first-order chi connectivity index (χ1) is 8.86. The van der Waals surface area contributed by atoms with Gasteiger partial charge in [0.25, 0.3) is 0 Å². The summed E-state index contributed by atoms with van der Waals surface area (Å²) in [5.41, 5.74) is 2.01. The molecule has 0 spiro atoms. The lowest BCUT2D eigenvalue weighted by atomic mass is 10.0. The summed E-state index contributed by atoms with van der Waals surface area (Å²) in [6, 6.07) is 5.86. The van der Waals surface area contributed by atoms with Gasteiger partial charge in [0.1, 0.15) is 6.10 Å². The highest BCUT2D eigenvalue weighted by molar-refractivity contribution is 6.01. The molecule has 5 heteroatoms. The summed E-state index contributed by atoms with van der Waals surface area (Å²) >= 11 is 0. The second-order valence-electron chi connectivity index (χ2n) is 4.35. The Morgan fingerprint density at radius 1 is 1.33 bits per heavy atom. The van der Waals surface area contributed by atoms with Gasteiger partial charge < -0.3 is 19.6 Å². The highest BCUT2D eigenvalue weighted by Crippen LogP contribution is 2.33. The number of rotatable bonds is 4. The van der Waals surface area contributed by atoms with E-state index in [9.17, 15) is 0 Å². The third kappa shape index (κ3) is 2.13. The Morgan fingerprint density at radius 2 is 2.22 bits per heavy atom. The van der Waals surface area contributed by atoms with Gasteiger partial charge in [0.2, 0.25) is 6.79 Å². The summed E-state index contributed by atoms with van der Waals surface area (Å²) in [6.07, 6.45) is 0.956. The minimum absolute atomic E-state index is 0.130. The van der Waals surface area contributed by atoms with E-state index in [1.807, 2.05) is 18.2 Å². The molecule has 0 aromatic heterocycles. The Hall–Kier alpha value is -1.75. The molecule has 0 fully saturated rings. The monoisotopic (exact) mass is 248 g/mol. The van der Waals surface area contributed by atoms with Crippen LogP contribution < -0.4 is 14.8 Å². The maximum atomic E-state index is 5.39. The summed E-state index contributed by atoms with van der Waals surface area (Å²) in [5, 5.41) is 7.41. The molecular weight excluding hydrogens is 232 g/mol. The van der Waals surface area contributed by atoms with E-state index in [4.69, 9.17) is 14.3 Å². The fourth-order valence-electron chi connectivity index (χ4n) is 2.09. The second-order valence-corrected chi connectivity index (χ2v) is 4.35. The average molecular weight is 248 g/mol. The summed E-state index contributed by atoms with van der Waals surface area (Å²) < 4.78 is 10.6. The number of benzene rings is 1. The maximum Gasteiger partial charge on any atom is 0.231 e. The van der Waals surface area contributed by atoms with Crippen LogP contribution in [0.4, 0.5) is 0 Å². The molecule has 0 unspecified atom stereocenters. The Morgan fingerprint density at radius 3 is 3.11 bits per heavy atom. The average Bonchev–Trinajstić information content (AvgIpc) is 3.04. The van der Waals surface area contributed by atoms with E-state index < -0.39 is 0 Å². The van der Waals surface area contributed by atoms with Crippen molar-refractivity contribution >= 4 is 5.71 Å². The normalized spacial score (nSPS) is 20.7. The number of ether oxygens (including phenoxy) is 2. The number of hydrogen-bond acceptors (Lipinski definition) is 5. The molecule has 5 nitrogen and oxygen atoms in total. The van der Waals surface area contributed by atoms with Crippen molar-refractivity contribution in [1.29, 1.82) is 0 Å². The SMILES string of the molecule is CCNC[C@H]1CC(c2ccc3c(c2)OCO3)=NO1. The number of nitrogens with zero attached hydrogens (tertiary/aromatic N) is 1. The predicted molar refractivity (Wildman–Crippen MR) is 67.1 cm³/mol. The van der Waals surface area contributed by atoms with E-state index in [2.05, 4.69) is 17.4 Å². The highest BCUT2D eigenvalue weighted by atomic mass is 16.7.